The summed E-state index contributed by atoms with van der Waals surface area (Å²) in [5.41, 5.74) is 0.658. The average molecular weight is 249 g/mol. The Morgan fingerprint density at radius 2 is 1.83 bits per heavy atom. The third kappa shape index (κ3) is 3.03. The number of carbonyl (C=O) groups excluding carboxylic acids is 1. The molecule has 0 saturated carbocycles. The van der Waals surface area contributed by atoms with Crippen LogP contribution in [0.5, 0.6) is 5.75 Å². The van der Waals surface area contributed by atoms with Crippen LogP contribution in [0.15, 0.2) is 24.3 Å². The van der Waals surface area contributed by atoms with E-state index in [1.165, 1.54) is 0 Å². The maximum absolute atomic E-state index is 12.3. The van der Waals surface area contributed by atoms with Crippen LogP contribution in [0.25, 0.3) is 0 Å². The van der Waals surface area contributed by atoms with Gasteiger partial charge in [-0.3, -0.25) is 4.79 Å². The largest absolute Gasteiger partial charge is 0.496 e. The SMILES string of the molecule is COc1ccccc1C(C)N(C)C(=O)C(C)(C)C. The highest BCUT2D eigenvalue weighted by Crippen LogP contribution is 2.30. The van der Waals surface area contributed by atoms with Gasteiger partial charge in [0.05, 0.1) is 13.2 Å². The molecule has 1 rings (SSSR count). The fourth-order valence-corrected chi connectivity index (χ4v) is 1.93. The van der Waals surface area contributed by atoms with Crippen LogP contribution in [0.2, 0.25) is 0 Å². The van der Waals surface area contributed by atoms with E-state index in [4.69, 9.17) is 4.74 Å². The Labute approximate surface area is 110 Å². The highest BCUT2D eigenvalue weighted by molar-refractivity contribution is 5.81. The van der Waals surface area contributed by atoms with Gasteiger partial charge >= 0.3 is 0 Å². The molecule has 0 bridgehead atoms. The van der Waals surface area contributed by atoms with Crippen molar-refractivity contribution in [3.8, 4) is 5.75 Å². The molecule has 0 saturated heterocycles. The van der Waals surface area contributed by atoms with Gasteiger partial charge in [0.15, 0.2) is 0 Å². The van der Waals surface area contributed by atoms with Crippen LogP contribution in [0.1, 0.15) is 39.3 Å². The zero-order valence-electron chi connectivity index (χ0n) is 12.2. The Morgan fingerprint density at radius 1 is 1.28 bits per heavy atom. The zero-order chi connectivity index (χ0) is 13.9. The summed E-state index contributed by atoms with van der Waals surface area (Å²) in [4.78, 5) is 14.0. The van der Waals surface area contributed by atoms with E-state index in [-0.39, 0.29) is 17.4 Å². The number of rotatable bonds is 3. The number of hydrogen-bond acceptors (Lipinski definition) is 2. The zero-order valence-corrected chi connectivity index (χ0v) is 12.2. The minimum Gasteiger partial charge on any atom is -0.496 e. The molecule has 100 valence electrons. The molecule has 0 heterocycles. The Bertz CT molecular complexity index is 421. The fourth-order valence-electron chi connectivity index (χ4n) is 1.93. The second-order valence-corrected chi connectivity index (χ2v) is 5.58. The van der Waals surface area contributed by atoms with Crippen molar-refractivity contribution in [2.24, 2.45) is 5.41 Å². The van der Waals surface area contributed by atoms with Gasteiger partial charge in [-0.25, -0.2) is 0 Å². The number of ether oxygens (including phenoxy) is 1. The molecular formula is C15H23NO2. The molecular weight excluding hydrogens is 226 g/mol. The van der Waals surface area contributed by atoms with E-state index in [1.807, 2.05) is 59.0 Å². The van der Waals surface area contributed by atoms with Gasteiger partial charge in [0, 0.05) is 18.0 Å². The summed E-state index contributed by atoms with van der Waals surface area (Å²) in [7, 11) is 3.49. The van der Waals surface area contributed by atoms with E-state index >= 15 is 0 Å². The van der Waals surface area contributed by atoms with Gasteiger partial charge in [0.2, 0.25) is 5.91 Å². The molecule has 3 nitrogen and oxygen atoms in total. The number of amides is 1. The van der Waals surface area contributed by atoms with Gasteiger partial charge in [0.25, 0.3) is 0 Å². The lowest BCUT2D eigenvalue weighted by molar-refractivity contribution is -0.140. The molecule has 0 radical (unpaired) electrons. The molecule has 1 amide bonds. The average Bonchev–Trinajstić information content (AvgIpc) is 2.34. The maximum Gasteiger partial charge on any atom is 0.228 e. The lowest BCUT2D eigenvalue weighted by Crippen LogP contribution is -2.38. The normalized spacial score (nSPS) is 13.0. The number of para-hydroxylation sites is 1. The smallest absolute Gasteiger partial charge is 0.228 e. The number of nitrogens with zero attached hydrogens (tertiary/aromatic N) is 1. The van der Waals surface area contributed by atoms with Crippen molar-refractivity contribution in [3.05, 3.63) is 29.8 Å². The van der Waals surface area contributed by atoms with Gasteiger partial charge in [-0.1, -0.05) is 39.0 Å². The monoisotopic (exact) mass is 249 g/mol. The molecule has 1 unspecified atom stereocenters. The number of hydrogen-bond donors (Lipinski definition) is 0. The third-order valence-corrected chi connectivity index (χ3v) is 3.13. The van der Waals surface area contributed by atoms with E-state index in [0.717, 1.165) is 11.3 Å². The molecule has 0 fully saturated rings. The van der Waals surface area contributed by atoms with E-state index < -0.39 is 0 Å². The summed E-state index contributed by atoms with van der Waals surface area (Å²) in [5.74, 6) is 0.944. The van der Waals surface area contributed by atoms with Crippen LogP contribution in [-0.4, -0.2) is 25.0 Å². The van der Waals surface area contributed by atoms with Crippen LogP contribution in [0.3, 0.4) is 0 Å². The molecule has 0 aromatic heterocycles. The summed E-state index contributed by atoms with van der Waals surface area (Å²) in [6.45, 7) is 7.81. The molecule has 0 aliphatic rings. The van der Waals surface area contributed by atoms with Crippen LogP contribution < -0.4 is 4.74 Å². The van der Waals surface area contributed by atoms with E-state index in [2.05, 4.69) is 0 Å². The van der Waals surface area contributed by atoms with Crippen LogP contribution in [0, 0.1) is 5.41 Å². The van der Waals surface area contributed by atoms with Crippen LogP contribution >= 0.6 is 0 Å². The lowest BCUT2D eigenvalue weighted by atomic mass is 9.93. The van der Waals surface area contributed by atoms with Crippen molar-refractivity contribution < 1.29 is 9.53 Å². The first kappa shape index (κ1) is 14.6. The van der Waals surface area contributed by atoms with Crippen molar-refractivity contribution in [1.29, 1.82) is 0 Å². The first-order valence-electron chi connectivity index (χ1n) is 6.19. The fraction of sp³-hybridized carbons (Fsp3) is 0.533. The Kier molecular flexibility index (Phi) is 4.38. The lowest BCUT2D eigenvalue weighted by Gasteiger charge is -2.31. The molecule has 1 aromatic carbocycles. The van der Waals surface area contributed by atoms with E-state index in [9.17, 15) is 4.79 Å². The van der Waals surface area contributed by atoms with Crippen LogP contribution in [-0.2, 0) is 4.79 Å². The quantitative estimate of drug-likeness (QED) is 0.823. The topological polar surface area (TPSA) is 29.5 Å². The molecule has 0 N–H and O–H groups in total. The van der Waals surface area contributed by atoms with Crippen LogP contribution in [0.4, 0.5) is 0 Å². The number of benzene rings is 1. The van der Waals surface area contributed by atoms with Crippen molar-refractivity contribution in [2.75, 3.05) is 14.2 Å². The second kappa shape index (κ2) is 5.42. The number of carbonyl (C=O) groups is 1. The van der Waals surface area contributed by atoms with Gasteiger partial charge in [-0.05, 0) is 13.0 Å². The summed E-state index contributed by atoms with van der Waals surface area (Å²) in [5, 5.41) is 0. The van der Waals surface area contributed by atoms with Crippen molar-refractivity contribution in [1.82, 2.24) is 4.90 Å². The van der Waals surface area contributed by atoms with Crippen molar-refractivity contribution in [3.63, 3.8) is 0 Å². The second-order valence-electron chi connectivity index (χ2n) is 5.58. The summed E-state index contributed by atoms with van der Waals surface area (Å²) < 4.78 is 5.34. The molecule has 1 aromatic rings. The Balaban J connectivity index is 3.00. The van der Waals surface area contributed by atoms with E-state index in [1.54, 1.807) is 12.0 Å². The predicted molar refractivity (Wildman–Crippen MR) is 73.6 cm³/mol. The minimum atomic E-state index is -0.370. The standard InChI is InChI=1S/C15H23NO2/c1-11(16(5)14(17)15(2,3)4)12-9-7-8-10-13(12)18-6/h7-11H,1-6H3. The molecule has 0 aliphatic carbocycles. The molecule has 0 spiro atoms. The minimum absolute atomic E-state index is 0.00660. The molecule has 18 heavy (non-hydrogen) atoms. The first-order chi connectivity index (χ1) is 8.29. The summed E-state index contributed by atoms with van der Waals surface area (Å²) >= 11 is 0. The van der Waals surface area contributed by atoms with E-state index in [0.29, 0.717) is 0 Å². The number of methoxy groups -OCH3 is 1. The summed E-state index contributed by atoms with van der Waals surface area (Å²) in [6, 6.07) is 7.80. The predicted octanol–water partition coefficient (Wildman–Crippen LogP) is 3.26. The highest BCUT2D eigenvalue weighted by Gasteiger charge is 2.29. The molecule has 0 aliphatic heterocycles. The van der Waals surface area contributed by atoms with Gasteiger partial charge in [0.1, 0.15) is 5.75 Å². The third-order valence-electron chi connectivity index (χ3n) is 3.13. The van der Waals surface area contributed by atoms with Gasteiger partial charge < -0.3 is 9.64 Å². The maximum atomic E-state index is 12.3. The van der Waals surface area contributed by atoms with Crippen molar-refractivity contribution >= 4 is 5.91 Å². The van der Waals surface area contributed by atoms with Crippen molar-refractivity contribution in [2.45, 2.75) is 33.7 Å². The molecule has 3 heteroatoms. The molecule has 1 atom stereocenters. The summed E-state index contributed by atoms with van der Waals surface area (Å²) in [6.07, 6.45) is 0. The van der Waals surface area contributed by atoms with Gasteiger partial charge in [-0.2, -0.15) is 0 Å². The van der Waals surface area contributed by atoms with Gasteiger partial charge in [-0.15, -0.1) is 0 Å². The Morgan fingerprint density at radius 3 is 2.33 bits per heavy atom. The Hall–Kier alpha value is -1.51. The first-order valence-corrected chi connectivity index (χ1v) is 6.19. The highest BCUT2D eigenvalue weighted by atomic mass is 16.5.